The van der Waals surface area contributed by atoms with Gasteiger partial charge in [0, 0.05) is 40.6 Å². The summed E-state index contributed by atoms with van der Waals surface area (Å²) in [5.41, 5.74) is 1.38. The third-order valence-corrected chi connectivity index (χ3v) is 2.69. The van der Waals surface area contributed by atoms with Gasteiger partial charge in [-0.1, -0.05) is 24.3 Å². The molecule has 0 aliphatic heterocycles. The number of rotatable bonds is 5. The second-order valence-electron chi connectivity index (χ2n) is 4.19. The predicted molar refractivity (Wildman–Crippen MR) is 81.1 cm³/mol. The first-order valence-electron chi connectivity index (χ1n) is 6.33. The summed E-state index contributed by atoms with van der Waals surface area (Å²) in [6.45, 7) is 1.05. The van der Waals surface area contributed by atoms with Gasteiger partial charge in [-0.05, 0) is 24.3 Å². The molecule has 0 aliphatic carbocycles. The molecule has 0 bridgehead atoms. The molecule has 5 heteroatoms. The van der Waals surface area contributed by atoms with Crippen molar-refractivity contribution in [1.82, 2.24) is 0 Å². The van der Waals surface area contributed by atoms with Crippen molar-refractivity contribution in [3.8, 4) is 11.5 Å². The number of nitrogens with zero attached hydrogens (tertiary/aromatic N) is 2. The second kappa shape index (κ2) is 8.95. The van der Waals surface area contributed by atoms with Gasteiger partial charge in [0.15, 0.2) is 0 Å². The summed E-state index contributed by atoms with van der Waals surface area (Å²) in [5, 5.41) is 19.1. The van der Waals surface area contributed by atoms with Gasteiger partial charge >= 0.3 is 0 Å². The van der Waals surface area contributed by atoms with Crippen LogP contribution in [-0.2, 0) is 17.1 Å². The summed E-state index contributed by atoms with van der Waals surface area (Å²) in [6, 6.07) is 14.1. The summed E-state index contributed by atoms with van der Waals surface area (Å²) in [5.74, 6) is 0.433. The topological polar surface area (TPSA) is 65.2 Å². The largest absolute Gasteiger partial charge is 0.507 e. The minimum atomic E-state index is 0. The van der Waals surface area contributed by atoms with E-state index in [9.17, 15) is 10.2 Å². The maximum atomic E-state index is 9.54. The Labute approximate surface area is 134 Å². The van der Waals surface area contributed by atoms with Gasteiger partial charge in [-0.2, -0.15) is 0 Å². The third-order valence-electron chi connectivity index (χ3n) is 2.69. The van der Waals surface area contributed by atoms with Gasteiger partial charge in [0.2, 0.25) is 0 Å². The number of aromatic hydroxyl groups is 2. The molecule has 0 aliphatic rings. The van der Waals surface area contributed by atoms with E-state index in [2.05, 4.69) is 9.98 Å². The van der Waals surface area contributed by atoms with Crippen LogP contribution in [-0.4, -0.2) is 35.7 Å². The molecule has 0 saturated heterocycles. The van der Waals surface area contributed by atoms with E-state index in [0.29, 0.717) is 24.2 Å². The van der Waals surface area contributed by atoms with E-state index in [4.69, 9.17) is 0 Å². The number of hydrogen-bond acceptors (Lipinski definition) is 4. The number of phenolic OH excluding ortho intramolecular Hbond substituents is 2. The molecule has 0 unspecified atom stereocenters. The van der Waals surface area contributed by atoms with E-state index in [-0.39, 0.29) is 28.6 Å². The average Bonchev–Trinajstić information content (AvgIpc) is 2.46. The fraction of sp³-hybridized carbons (Fsp3) is 0.125. The van der Waals surface area contributed by atoms with Crippen LogP contribution in [0.5, 0.6) is 11.5 Å². The van der Waals surface area contributed by atoms with Crippen molar-refractivity contribution in [3.63, 3.8) is 0 Å². The Morgan fingerprint density at radius 2 is 1.10 bits per heavy atom. The van der Waals surface area contributed by atoms with Crippen LogP contribution >= 0.6 is 0 Å². The number of phenols is 2. The molecule has 109 valence electrons. The monoisotopic (exact) mass is 323 g/mol. The standard InChI is InChI=1S/C16H16N2O2.Mn/c19-15-7-3-1-5-13(15)11-17-9-10-18-12-14-6-2-4-8-16(14)20;/h1-8,11-12,19-20H,9-10H2;. The van der Waals surface area contributed by atoms with Crippen molar-refractivity contribution in [2.24, 2.45) is 9.98 Å². The molecular weight excluding hydrogens is 307 g/mol. The third kappa shape index (κ3) is 5.42. The van der Waals surface area contributed by atoms with E-state index in [1.165, 1.54) is 0 Å². The molecule has 21 heavy (non-hydrogen) atoms. The molecule has 0 saturated carbocycles. The fourth-order valence-corrected chi connectivity index (χ4v) is 1.63. The predicted octanol–water partition coefficient (Wildman–Crippen LogP) is 2.63. The zero-order valence-electron chi connectivity index (χ0n) is 11.4. The van der Waals surface area contributed by atoms with Crippen molar-refractivity contribution >= 4 is 12.4 Å². The van der Waals surface area contributed by atoms with Crippen molar-refractivity contribution in [2.45, 2.75) is 0 Å². The zero-order valence-corrected chi connectivity index (χ0v) is 12.5. The maximum absolute atomic E-state index is 9.54. The number of aliphatic imine (C=N–C) groups is 2. The molecule has 2 N–H and O–H groups in total. The van der Waals surface area contributed by atoms with Crippen molar-refractivity contribution in [3.05, 3.63) is 59.7 Å². The fourth-order valence-electron chi connectivity index (χ4n) is 1.63. The van der Waals surface area contributed by atoms with E-state index in [0.717, 1.165) is 0 Å². The van der Waals surface area contributed by atoms with E-state index in [1.807, 2.05) is 12.1 Å². The minimum Gasteiger partial charge on any atom is -0.507 e. The summed E-state index contributed by atoms with van der Waals surface area (Å²) in [4.78, 5) is 8.39. The Morgan fingerprint density at radius 3 is 1.48 bits per heavy atom. The van der Waals surface area contributed by atoms with E-state index in [1.54, 1.807) is 48.8 Å². The van der Waals surface area contributed by atoms with Gasteiger partial charge in [-0.3, -0.25) is 9.98 Å². The van der Waals surface area contributed by atoms with Crippen LogP contribution in [0.3, 0.4) is 0 Å². The van der Waals surface area contributed by atoms with Crippen LogP contribution in [0.2, 0.25) is 0 Å². The molecule has 1 radical (unpaired) electrons. The summed E-state index contributed by atoms with van der Waals surface area (Å²) >= 11 is 0. The second-order valence-corrected chi connectivity index (χ2v) is 4.19. The molecule has 2 rings (SSSR count). The molecule has 0 amide bonds. The van der Waals surface area contributed by atoms with Gasteiger partial charge in [0.25, 0.3) is 0 Å². The van der Waals surface area contributed by atoms with Crippen LogP contribution in [0.25, 0.3) is 0 Å². The molecule has 0 spiro atoms. The molecule has 0 aromatic heterocycles. The first-order chi connectivity index (χ1) is 9.77. The number of para-hydroxylation sites is 2. The van der Waals surface area contributed by atoms with Crippen LogP contribution in [0.1, 0.15) is 11.1 Å². The molecule has 0 heterocycles. The normalized spacial score (nSPS) is 10.9. The van der Waals surface area contributed by atoms with Crippen molar-refractivity contribution in [1.29, 1.82) is 0 Å². The van der Waals surface area contributed by atoms with Gasteiger partial charge < -0.3 is 10.2 Å². The number of benzene rings is 2. The molecule has 0 fully saturated rings. The molecule has 2 aromatic rings. The van der Waals surface area contributed by atoms with Gasteiger partial charge in [0.1, 0.15) is 11.5 Å². The maximum Gasteiger partial charge on any atom is 0.124 e. The summed E-state index contributed by atoms with van der Waals surface area (Å²) in [6.07, 6.45) is 3.26. The van der Waals surface area contributed by atoms with Gasteiger partial charge in [-0.15, -0.1) is 0 Å². The quantitative estimate of drug-likeness (QED) is 0.505. The minimum absolute atomic E-state index is 0. The van der Waals surface area contributed by atoms with Crippen LogP contribution in [0, 0.1) is 0 Å². The molecule has 0 atom stereocenters. The summed E-state index contributed by atoms with van der Waals surface area (Å²) < 4.78 is 0. The van der Waals surface area contributed by atoms with Gasteiger partial charge in [-0.25, -0.2) is 0 Å². The van der Waals surface area contributed by atoms with Crippen LogP contribution in [0.4, 0.5) is 0 Å². The van der Waals surface area contributed by atoms with Crippen molar-refractivity contribution in [2.75, 3.05) is 13.1 Å². The molecule has 4 nitrogen and oxygen atoms in total. The van der Waals surface area contributed by atoms with E-state index < -0.39 is 0 Å². The summed E-state index contributed by atoms with van der Waals surface area (Å²) in [7, 11) is 0. The van der Waals surface area contributed by atoms with Gasteiger partial charge in [0.05, 0.1) is 13.1 Å². The molecule has 2 aromatic carbocycles. The smallest absolute Gasteiger partial charge is 0.124 e. The average molecular weight is 323 g/mol. The number of hydrogen-bond donors (Lipinski definition) is 2. The zero-order chi connectivity index (χ0) is 14.2. The first kappa shape index (κ1) is 17.0. The van der Waals surface area contributed by atoms with Crippen LogP contribution < -0.4 is 0 Å². The Hall–Kier alpha value is -2.10. The Bertz CT molecular complexity index is 572. The van der Waals surface area contributed by atoms with Crippen molar-refractivity contribution < 1.29 is 27.3 Å². The Kier molecular flexibility index (Phi) is 7.22. The Balaban J connectivity index is 0.00000220. The SMILES string of the molecule is Oc1ccccc1C=NCCN=Cc1ccccc1O.[Mn]. The Morgan fingerprint density at radius 1 is 0.714 bits per heavy atom. The van der Waals surface area contributed by atoms with Crippen LogP contribution in [0.15, 0.2) is 58.5 Å². The molecular formula is C16H16MnN2O2. The van der Waals surface area contributed by atoms with E-state index >= 15 is 0 Å². The first-order valence-corrected chi connectivity index (χ1v) is 6.33.